The monoisotopic (exact) mass is 490 g/mol. The van der Waals surface area contributed by atoms with Crippen LogP contribution < -0.4 is 14.9 Å². The number of anilines is 1. The Balaban J connectivity index is 0.00000243. The molecule has 1 aliphatic carbocycles. The summed E-state index contributed by atoms with van der Waals surface area (Å²) in [7, 11) is -3.35. The van der Waals surface area contributed by atoms with E-state index in [2.05, 4.69) is 27.8 Å². The summed E-state index contributed by atoms with van der Waals surface area (Å²) in [5, 5.41) is 6.54. The molecule has 1 heterocycles. The van der Waals surface area contributed by atoms with E-state index in [4.69, 9.17) is 0 Å². The molecule has 0 saturated heterocycles. The van der Waals surface area contributed by atoms with Crippen molar-refractivity contribution in [3.63, 3.8) is 0 Å². The number of fused-ring (bicyclic) bond motifs is 1. The third-order valence-corrected chi connectivity index (χ3v) is 6.24. The first-order valence-corrected chi connectivity index (χ1v) is 10.5. The smallest absolute Gasteiger partial charge is 0.237 e. The van der Waals surface area contributed by atoms with Crippen molar-refractivity contribution in [2.24, 2.45) is 4.99 Å². The highest BCUT2D eigenvalue weighted by Crippen LogP contribution is 2.29. The normalized spacial score (nSPS) is 17.1. The SMILES string of the molecule is CCNC(=NCCS(=O)(=O)N1CCc2ccccc21)NC1CC=CC1.I. The van der Waals surface area contributed by atoms with Crippen LogP contribution in [0.5, 0.6) is 0 Å². The van der Waals surface area contributed by atoms with Gasteiger partial charge >= 0.3 is 0 Å². The zero-order valence-corrected chi connectivity index (χ0v) is 18.2. The molecule has 3 rings (SSSR count). The highest BCUT2D eigenvalue weighted by Gasteiger charge is 2.28. The Morgan fingerprint density at radius 1 is 1.27 bits per heavy atom. The van der Waals surface area contributed by atoms with Gasteiger partial charge in [0.25, 0.3) is 0 Å². The lowest BCUT2D eigenvalue weighted by molar-refractivity contribution is 0.592. The fourth-order valence-electron chi connectivity index (χ4n) is 3.23. The molecule has 0 bridgehead atoms. The van der Waals surface area contributed by atoms with Gasteiger partial charge in [-0.3, -0.25) is 9.30 Å². The van der Waals surface area contributed by atoms with Gasteiger partial charge in [0, 0.05) is 19.1 Å². The van der Waals surface area contributed by atoms with Gasteiger partial charge in [-0.2, -0.15) is 0 Å². The van der Waals surface area contributed by atoms with E-state index in [1.807, 2.05) is 31.2 Å². The van der Waals surface area contributed by atoms with Gasteiger partial charge in [0.05, 0.1) is 18.0 Å². The Bertz CT molecular complexity index is 756. The summed E-state index contributed by atoms with van der Waals surface area (Å²) >= 11 is 0. The van der Waals surface area contributed by atoms with Crippen molar-refractivity contribution in [3.8, 4) is 0 Å². The number of nitrogens with one attached hydrogen (secondary N) is 2. The lowest BCUT2D eigenvalue weighted by Crippen LogP contribution is -2.43. The summed E-state index contributed by atoms with van der Waals surface area (Å²) < 4.78 is 26.9. The van der Waals surface area contributed by atoms with Gasteiger partial charge in [-0.25, -0.2) is 8.42 Å². The summed E-state index contributed by atoms with van der Waals surface area (Å²) in [6, 6.07) is 8.05. The zero-order valence-electron chi connectivity index (χ0n) is 15.0. The lowest BCUT2D eigenvalue weighted by atomic mass is 10.2. The van der Waals surface area contributed by atoms with Crippen molar-refractivity contribution >= 4 is 45.6 Å². The summed E-state index contributed by atoms with van der Waals surface area (Å²) in [5.41, 5.74) is 1.91. The standard InChI is InChI=1S/C18H26N4O2S.HI/c1-2-19-18(21-16-8-4-5-9-16)20-12-14-25(23,24)22-13-11-15-7-3-6-10-17(15)22;/h3-7,10,16H,2,8-9,11-14H2,1H3,(H2,19,20,21);1H. The predicted octanol–water partition coefficient (Wildman–Crippen LogP) is 2.27. The molecule has 2 N–H and O–H groups in total. The van der Waals surface area contributed by atoms with E-state index in [1.165, 1.54) is 4.31 Å². The number of aliphatic imine (C=N–C) groups is 1. The molecular formula is C18H27IN4O2S. The largest absolute Gasteiger partial charge is 0.357 e. The zero-order chi connectivity index (χ0) is 17.7. The van der Waals surface area contributed by atoms with Crippen LogP contribution in [0.4, 0.5) is 5.69 Å². The number of benzene rings is 1. The van der Waals surface area contributed by atoms with Crippen LogP contribution in [0.2, 0.25) is 0 Å². The second-order valence-electron chi connectivity index (χ2n) is 6.31. The Kier molecular flexibility index (Phi) is 7.75. The van der Waals surface area contributed by atoms with Crippen LogP contribution in [0.15, 0.2) is 41.4 Å². The Morgan fingerprint density at radius 2 is 2.00 bits per heavy atom. The molecule has 6 nitrogen and oxygen atoms in total. The molecule has 1 aliphatic heterocycles. The molecule has 8 heteroatoms. The minimum absolute atomic E-state index is 0. The van der Waals surface area contributed by atoms with Crippen LogP contribution in [-0.4, -0.2) is 45.8 Å². The Hall–Kier alpha value is -1.29. The van der Waals surface area contributed by atoms with Gasteiger partial charge in [0.1, 0.15) is 0 Å². The number of halogens is 1. The second kappa shape index (κ2) is 9.59. The number of nitrogens with zero attached hydrogens (tertiary/aromatic N) is 2. The minimum atomic E-state index is -3.35. The third kappa shape index (κ3) is 5.12. The maximum atomic E-state index is 12.7. The van der Waals surface area contributed by atoms with Crippen LogP contribution in [-0.2, 0) is 16.4 Å². The molecule has 0 amide bonds. The molecule has 0 radical (unpaired) electrons. The molecule has 0 unspecified atom stereocenters. The average molecular weight is 490 g/mol. The number of para-hydroxylation sites is 1. The minimum Gasteiger partial charge on any atom is -0.357 e. The third-order valence-electron chi connectivity index (χ3n) is 4.49. The van der Waals surface area contributed by atoms with E-state index in [0.29, 0.717) is 18.5 Å². The maximum absolute atomic E-state index is 12.7. The van der Waals surface area contributed by atoms with Crippen molar-refractivity contribution in [2.75, 3.05) is 29.7 Å². The molecule has 144 valence electrons. The first-order valence-electron chi connectivity index (χ1n) is 8.88. The summed E-state index contributed by atoms with van der Waals surface area (Å²) in [5.74, 6) is 0.703. The average Bonchev–Trinajstić information content (AvgIpc) is 3.24. The topological polar surface area (TPSA) is 73.8 Å². The van der Waals surface area contributed by atoms with Crippen LogP contribution in [0.3, 0.4) is 0 Å². The molecule has 0 spiro atoms. The molecule has 0 atom stereocenters. The number of hydrogen-bond donors (Lipinski definition) is 2. The summed E-state index contributed by atoms with van der Waals surface area (Å²) in [6.45, 7) is 3.52. The van der Waals surface area contributed by atoms with Gasteiger partial charge < -0.3 is 10.6 Å². The predicted molar refractivity (Wildman–Crippen MR) is 118 cm³/mol. The lowest BCUT2D eigenvalue weighted by Gasteiger charge is -2.19. The van der Waals surface area contributed by atoms with Crippen LogP contribution in [0, 0.1) is 0 Å². The Morgan fingerprint density at radius 3 is 2.73 bits per heavy atom. The second-order valence-corrected chi connectivity index (χ2v) is 8.32. The van der Waals surface area contributed by atoms with Gasteiger partial charge in [0.2, 0.25) is 10.0 Å². The number of guanidine groups is 1. The molecule has 0 saturated carbocycles. The molecule has 0 aromatic heterocycles. The highest BCUT2D eigenvalue weighted by atomic mass is 127. The maximum Gasteiger partial charge on any atom is 0.237 e. The van der Waals surface area contributed by atoms with Crippen molar-refractivity contribution < 1.29 is 8.42 Å². The van der Waals surface area contributed by atoms with Crippen LogP contribution in [0.25, 0.3) is 0 Å². The van der Waals surface area contributed by atoms with E-state index in [0.717, 1.165) is 37.1 Å². The number of sulfonamides is 1. The molecule has 2 aliphatic rings. The highest BCUT2D eigenvalue weighted by molar-refractivity contribution is 14.0. The van der Waals surface area contributed by atoms with Crippen LogP contribution >= 0.6 is 24.0 Å². The first-order chi connectivity index (χ1) is 12.1. The molecule has 0 fully saturated rings. The fourth-order valence-corrected chi connectivity index (χ4v) is 4.62. The number of rotatable bonds is 6. The van der Waals surface area contributed by atoms with E-state index < -0.39 is 10.0 Å². The van der Waals surface area contributed by atoms with E-state index in [9.17, 15) is 8.42 Å². The fraction of sp³-hybridized carbons (Fsp3) is 0.500. The summed E-state index contributed by atoms with van der Waals surface area (Å²) in [6.07, 6.45) is 7.03. The first kappa shape index (κ1) is 21.0. The quantitative estimate of drug-likeness (QED) is 0.278. The van der Waals surface area contributed by atoms with E-state index in [-0.39, 0.29) is 36.3 Å². The molecule has 1 aromatic carbocycles. The van der Waals surface area contributed by atoms with Crippen molar-refractivity contribution in [2.45, 2.75) is 32.2 Å². The van der Waals surface area contributed by atoms with Crippen molar-refractivity contribution in [3.05, 3.63) is 42.0 Å². The van der Waals surface area contributed by atoms with Gasteiger partial charge in [-0.05, 0) is 37.8 Å². The number of hydrogen-bond acceptors (Lipinski definition) is 3. The van der Waals surface area contributed by atoms with Gasteiger partial charge in [-0.1, -0.05) is 30.4 Å². The Labute approximate surface area is 173 Å². The van der Waals surface area contributed by atoms with E-state index >= 15 is 0 Å². The van der Waals surface area contributed by atoms with Crippen molar-refractivity contribution in [1.82, 2.24) is 10.6 Å². The van der Waals surface area contributed by atoms with Crippen LogP contribution in [0.1, 0.15) is 25.3 Å². The molecular weight excluding hydrogens is 463 g/mol. The molecule has 26 heavy (non-hydrogen) atoms. The summed E-state index contributed by atoms with van der Waals surface area (Å²) in [4.78, 5) is 4.45. The molecule has 1 aromatic rings. The van der Waals surface area contributed by atoms with E-state index in [1.54, 1.807) is 0 Å². The van der Waals surface area contributed by atoms with Gasteiger partial charge in [0.15, 0.2) is 5.96 Å². The van der Waals surface area contributed by atoms with Crippen molar-refractivity contribution in [1.29, 1.82) is 0 Å². The van der Waals surface area contributed by atoms with Gasteiger partial charge in [-0.15, -0.1) is 24.0 Å².